The molecule has 26 heavy (non-hydrogen) atoms. The molecule has 7 heteroatoms. The summed E-state index contributed by atoms with van der Waals surface area (Å²) < 4.78 is 0. The van der Waals surface area contributed by atoms with E-state index < -0.39 is 10.9 Å². The Morgan fingerprint density at radius 1 is 1.42 bits per heavy atom. The second-order valence-corrected chi connectivity index (χ2v) is 8.55. The van der Waals surface area contributed by atoms with Gasteiger partial charge in [0.15, 0.2) is 0 Å². The van der Waals surface area contributed by atoms with Crippen LogP contribution < -0.4 is 5.32 Å². The minimum absolute atomic E-state index is 0.0138. The van der Waals surface area contributed by atoms with Gasteiger partial charge in [0.1, 0.15) is 0 Å². The van der Waals surface area contributed by atoms with Crippen LogP contribution in [0.3, 0.4) is 0 Å². The predicted molar refractivity (Wildman–Crippen MR) is 102 cm³/mol. The van der Waals surface area contributed by atoms with Crippen LogP contribution in [-0.2, 0) is 19.4 Å². The standard InChI is InChI=1S/C19H22N2O4S/c1-19(2)8-7-15-12(9-19)16(18(22)23)17(26-15)11-5-4-6-14(21(24)25)13(11)10-20-3/h4-6,20H,7-10H2,1-3H3,(H,22,23). The lowest BCUT2D eigenvalue weighted by atomic mass is 9.76. The summed E-state index contributed by atoms with van der Waals surface area (Å²) in [6.07, 6.45) is 2.58. The zero-order chi connectivity index (χ0) is 19.1. The van der Waals surface area contributed by atoms with Gasteiger partial charge in [-0.2, -0.15) is 0 Å². The van der Waals surface area contributed by atoms with E-state index in [0.717, 1.165) is 29.7 Å². The fraction of sp³-hybridized carbons (Fsp3) is 0.421. The molecule has 0 fully saturated rings. The molecule has 3 rings (SSSR count). The van der Waals surface area contributed by atoms with Crippen LogP contribution in [0.25, 0.3) is 10.4 Å². The number of nitrogens with one attached hydrogen (secondary N) is 1. The number of carboxylic acids is 1. The van der Waals surface area contributed by atoms with Crippen LogP contribution in [0.4, 0.5) is 5.69 Å². The smallest absolute Gasteiger partial charge is 0.337 e. The van der Waals surface area contributed by atoms with E-state index in [2.05, 4.69) is 19.2 Å². The van der Waals surface area contributed by atoms with Crippen LogP contribution >= 0.6 is 11.3 Å². The van der Waals surface area contributed by atoms with Gasteiger partial charge in [0, 0.05) is 27.9 Å². The number of nitrogens with zero attached hydrogens (tertiary/aromatic N) is 1. The molecule has 1 aromatic carbocycles. The summed E-state index contributed by atoms with van der Waals surface area (Å²) in [5.74, 6) is -0.961. The van der Waals surface area contributed by atoms with E-state index in [4.69, 9.17) is 0 Å². The van der Waals surface area contributed by atoms with Crippen LogP contribution in [0.5, 0.6) is 0 Å². The minimum atomic E-state index is -0.961. The van der Waals surface area contributed by atoms with Crippen molar-refractivity contribution >= 4 is 23.0 Å². The van der Waals surface area contributed by atoms with Crippen molar-refractivity contribution in [1.82, 2.24) is 5.32 Å². The Hall–Kier alpha value is -2.25. The molecule has 2 N–H and O–H groups in total. The Bertz CT molecular complexity index is 886. The number of rotatable bonds is 5. The number of fused-ring (bicyclic) bond motifs is 1. The maximum atomic E-state index is 12.1. The molecule has 1 heterocycles. The quantitative estimate of drug-likeness (QED) is 0.603. The van der Waals surface area contributed by atoms with Crippen LogP contribution in [0, 0.1) is 15.5 Å². The van der Waals surface area contributed by atoms with Crippen molar-refractivity contribution in [2.24, 2.45) is 5.41 Å². The summed E-state index contributed by atoms with van der Waals surface area (Å²) in [4.78, 5) is 24.8. The first-order valence-electron chi connectivity index (χ1n) is 8.54. The first-order chi connectivity index (χ1) is 12.2. The molecule has 0 aliphatic heterocycles. The average Bonchev–Trinajstić information content (AvgIpc) is 2.92. The van der Waals surface area contributed by atoms with E-state index in [1.807, 2.05) is 0 Å². The zero-order valence-corrected chi connectivity index (χ0v) is 15.9. The Labute approximate surface area is 156 Å². The highest BCUT2D eigenvalue weighted by Crippen LogP contribution is 2.46. The lowest BCUT2D eigenvalue weighted by Crippen LogP contribution is -2.22. The highest BCUT2D eigenvalue weighted by Gasteiger charge is 2.34. The first-order valence-corrected chi connectivity index (χ1v) is 9.36. The third kappa shape index (κ3) is 3.24. The topological polar surface area (TPSA) is 92.5 Å². The lowest BCUT2D eigenvalue weighted by molar-refractivity contribution is -0.385. The van der Waals surface area contributed by atoms with Crippen molar-refractivity contribution in [3.05, 3.63) is 49.9 Å². The molecule has 2 aromatic rings. The molecule has 0 bridgehead atoms. The van der Waals surface area contributed by atoms with Crippen LogP contribution in [-0.4, -0.2) is 23.0 Å². The zero-order valence-electron chi connectivity index (χ0n) is 15.1. The number of carbonyl (C=O) groups is 1. The molecule has 0 saturated heterocycles. The van der Waals surface area contributed by atoms with Crippen molar-refractivity contribution in [2.75, 3.05) is 7.05 Å². The highest BCUT2D eigenvalue weighted by atomic mass is 32.1. The number of hydrogen-bond donors (Lipinski definition) is 2. The molecule has 138 valence electrons. The lowest BCUT2D eigenvalue weighted by Gasteiger charge is -2.29. The maximum Gasteiger partial charge on any atom is 0.337 e. The molecule has 1 aliphatic carbocycles. The summed E-state index contributed by atoms with van der Waals surface area (Å²) in [6, 6.07) is 4.88. The number of aryl methyl sites for hydroxylation is 1. The molecule has 6 nitrogen and oxygen atoms in total. The van der Waals surface area contributed by atoms with Crippen molar-refractivity contribution in [3.8, 4) is 10.4 Å². The molecule has 1 aromatic heterocycles. The summed E-state index contributed by atoms with van der Waals surface area (Å²) in [6.45, 7) is 4.61. The molecule has 0 spiro atoms. The van der Waals surface area contributed by atoms with Gasteiger partial charge in [0.05, 0.1) is 16.1 Å². The summed E-state index contributed by atoms with van der Waals surface area (Å²) in [7, 11) is 1.72. The Morgan fingerprint density at radius 2 is 2.15 bits per heavy atom. The third-order valence-electron chi connectivity index (χ3n) is 4.93. The van der Waals surface area contributed by atoms with Gasteiger partial charge in [-0.05, 0) is 37.3 Å². The maximum absolute atomic E-state index is 12.1. The molecule has 0 saturated carbocycles. The van der Waals surface area contributed by atoms with E-state index in [0.29, 0.717) is 28.1 Å². The van der Waals surface area contributed by atoms with Gasteiger partial charge >= 0.3 is 5.97 Å². The van der Waals surface area contributed by atoms with Crippen molar-refractivity contribution < 1.29 is 14.8 Å². The summed E-state index contributed by atoms with van der Waals surface area (Å²) in [5.41, 5.74) is 2.46. The number of hydrogen-bond acceptors (Lipinski definition) is 5. The largest absolute Gasteiger partial charge is 0.478 e. The van der Waals surface area contributed by atoms with Crippen LogP contribution in [0.2, 0.25) is 0 Å². The van der Waals surface area contributed by atoms with Gasteiger partial charge in [-0.15, -0.1) is 11.3 Å². The van der Waals surface area contributed by atoms with Gasteiger partial charge in [-0.1, -0.05) is 26.0 Å². The Balaban J connectivity index is 2.26. The normalized spacial score (nSPS) is 15.5. The minimum Gasteiger partial charge on any atom is -0.478 e. The van der Waals surface area contributed by atoms with Gasteiger partial charge in [-0.25, -0.2) is 4.79 Å². The molecule has 0 radical (unpaired) electrons. The van der Waals surface area contributed by atoms with Crippen molar-refractivity contribution in [3.63, 3.8) is 0 Å². The van der Waals surface area contributed by atoms with E-state index in [-0.39, 0.29) is 11.1 Å². The van der Waals surface area contributed by atoms with Gasteiger partial charge in [0.25, 0.3) is 5.69 Å². The monoisotopic (exact) mass is 374 g/mol. The average molecular weight is 374 g/mol. The predicted octanol–water partition coefficient (Wildman–Crippen LogP) is 4.26. The number of nitro benzene ring substituents is 1. The molecular formula is C19H22N2O4S. The van der Waals surface area contributed by atoms with Crippen LogP contribution in [0.15, 0.2) is 18.2 Å². The SMILES string of the molecule is CNCc1c(-c2sc3c(c2C(=O)O)CC(C)(C)CC3)cccc1[N+](=O)[O-]. The van der Waals surface area contributed by atoms with Crippen molar-refractivity contribution in [2.45, 2.75) is 39.7 Å². The number of nitro groups is 1. The van der Waals surface area contributed by atoms with E-state index in [1.54, 1.807) is 19.2 Å². The number of aromatic carboxylic acids is 1. The van der Waals surface area contributed by atoms with Crippen molar-refractivity contribution in [1.29, 1.82) is 0 Å². The van der Waals surface area contributed by atoms with E-state index in [1.165, 1.54) is 17.4 Å². The fourth-order valence-electron chi connectivity index (χ4n) is 3.66. The van der Waals surface area contributed by atoms with E-state index in [9.17, 15) is 20.0 Å². The summed E-state index contributed by atoms with van der Waals surface area (Å²) >= 11 is 1.47. The molecule has 0 unspecified atom stereocenters. The number of thiophene rings is 1. The summed E-state index contributed by atoms with van der Waals surface area (Å²) in [5, 5.41) is 24.3. The van der Waals surface area contributed by atoms with Crippen LogP contribution in [0.1, 0.15) is 46.6 Å². The molecule has 1 aliphatic rings. The second-order valence-electron chi connectivity index (χ2n) is 7.44. The molecule has 0 amide bonds. The van der Waals surface area contributed by atoms with E-state index >= 15 is 0 Å². The van der Waals surface area contributed by atoms with Gasteiger partial charge < -0.3 is 10.4 Å². The number of carboxylic acid groups (broad SMARTS) is 1. The number of benzene rings is 1. The third-order valence-corrected chi connectivity index (χ3v) is 6.26. The Kier molecular flexibility index (Phi) is 4.86. The van der Waals surface area contributed by atoms with Gasteiger partial charge in [0.2, 0.25) is 0 Å². The second kappa shape index (κ2) is 6.81. The molecular weight excluding hydrogens is 352 g/mol. The highest BCUT2D eigenvalue weighted by molar-refractivity contribution is 7.16. The first kappa shape index (κ1) is 18.5. The fourth-order valence-corrected chi connectivity index (χ4v) is 5.02. The van der Waals surface area contributed by atoms with Gasteiger partial charge in [-0.3, -0.25) is 10.1 Å². The molecule has 0 atom stereocenters. The Morgan fingerprint density at radius 3 is 2.77 bits per heavy atom.